The molecule has 0 unspecified atom stereocenters. The standard InChI is InChI=1S/C52H33NOS/c1-2-12-35(13-3-1)42-30-26-37(41-19-10-15-34-14-4-5-16-40(34)41)32-47(42)53(39-29-31-51-46(33-39)44-17-7-9-23-50(44)55-51)38-27-24-36(25-28-38)43-20-11-22-49-52(43)45-18-6-8-21-48(45)54-49/h1-33H. The Labute approximate surface area is 322 Å². The smallest absolute Gasteiger partial charge is 0.136 e. The number of hydrogen-bond donors (Lipinski definition) is 0. The molecule has 0 radical (unpaired) electrons. The van der Waals surface area contributed by atoms with Gasteiger partial charge in [0.25, 0.3) is 0 Å². The van der Waals surface area contributed by atoms with Gasteiger partial charge in [-0.3, -0.25) is 0 Å². The summed E-state index contributed by atoms with van der Waals surface area (Å²) in [6, 6.07) is 72.4. The summed E-state index contributed by atoms with van der Waals surface area (Å²) in [5.41, 5.74) is 12.2. The largest absolute Gasteiger partial charge is 0.456 e. The fraction of sp³-hybridized carbons (Fsp3) is 0. The lowest BCUT2D eigenvalue weighted by atomic mass is 9.94. The van der Waals surface area contributed by atoms with Crippen molar-refractivity contribution in [3.63, 3.8) is 0 Å². The molecule has 0 saturated heterocycles. The van der Waals surface area contributed by atoms with Crippen molar-refractivity contribution in [1.82, 2.24) is 0 Å². The Morgan fingerprint density at radius 2 is 1.00 bits per heavy atom. The highest BCUT2D eigenvalue weighted by Crippen LogP contribution is 2.46. The summed E-state index contributed by atoms with van der Waals surface area (Å²) in [6.45, 7) is 0. The van der Waals surface area contributed by atoms with Crippen LogP contribution < -0.4 is 4.90 Å². The van der Waals surface area contributed by atoms with E-state index in [0.717, 1.165) is 50.1 Å². The number of benzene rings is 9. The maximum Gasteiger partial charge on any atom is 0.136 e. The first-order valence-electron chi connectivity index (χ1n) is 18.7. The molecule has 11 rings (SSSR count). The Hall–Kier alpha value is -6.94. The monoisotopic (exact) mass is 719 g/mol. The van der Waals surface area contributed by atoms with Crippen LogP contribution in [0.1, 0.15) is 0 Å². The van der Waals surface area contributed by atoms with E-state index >= 15 is 0 Å². The zero-order valence-electron chi connectivity index (χ0n) is 29.8. The van der Waals surface area contributed by atoms with Crippen molar-refractivity contribution >= 4 is 81.3 Å². The van der Waals surface area contributed by atoms with Crippen LogP contribution in [0.2, 0.25) is 0 Å². The molecule has 0 atom stereocenters. The molecule has 0 N–H and O–H groups in total. The molecule has 55 heavy (non-hydrogen) atoms. The van der Waals surface area contributed by atoms with Gasteiger partial charge in [0, 0.05) is 47.9 Å². The fourth-order valence-electron chi connectivity index (χ4n) is 8.31. The van der Waals surface area contributed by atoms with Crippen LogP contribution >= 0.6 is 11.3 Å². The number of furan rings is 1. The van der Waals surface area contributed by atoms with Gasteiger partial charge >= 0.3 is 0 Å². The number of thiophene rings is 1. The van der Waals surface area contributed by atoms with Gasteiger partial charge in [-0.2, -0.15) is 0 Å². The number of anilines is 3. The summed E-state index contributed by atoms with van der Waals surface area (Å²) in [5.74, 6) is 0. The maximum atomic E-state index is 6.27. The van der Waals surface area contributed by atoms with Crippen LogP contribution in [0.3, 0.4) is 0 Å². The predicted molar refractivity (Wildman–Crippen MR) is 235 cm³/mol. The molecule has 0 amide bonds. The molecule has 0 aliphatic carbocycles. The van der Waals surface area contributed by atoms with Gasteiger partial charge in [0.15, 0.2) is 0 Å². The minimum atomic E-state index is 0.901. The van der Waals surface area contributed by atoms with Crippen molar-refractivity contribution in [3.8, 4) is 33.4 Å². The minimum Gasteiger partial charge on any atom is -0.456 e. The molecule has 0 aliphatic heterocycles. The Balaban J connectivity index is 1.15. The van der Waals surface area contributed by atoms with Crippen molar-refractivity contribution < 1.29 is 4.42 Å². The second-order valence-corrected chi connectivity index (χ2v) is 15.1. The lowest BCUT2D eigenvalue weighted by Crippen LogP contribution is -2.11. The van der Waals surface area contributed by atoms with Gasteiger partial charge < -0.3 is 9.32 Å². The molecule has 0 bridgehead atoms. The van der Waals surface area contributed by atoms with Crippen LogP contribution in [0.5, 0.6) is 0 Å². The quantitative estimate of drug-likeness (QED) is 0.170. The second kappa shape index (κ2) is 12.9. The van der Waals surface area contributed by atoms with E-state index in [-0.39, 0.29) is 0 Å². The normalized spacial score (nSPS) is 11.6. The number of fused-ring (bicyclic) bond motifs is 7. The first kappa shape index (κ1) is 31.6. The van der Waals surface area contributed by atoms with Crippen molar-refractivity contribution in [1.29, 1.82) is 0 Å². The van der Waals surface area contributed by atoms with E-state index in [9.17, 15) is 0 Å². The van der Waals surface area contributed by atoms with Crippen LogP contribution in [0, 0.1) is 0 Å². The highest BCUT2D eigenvalue weighted by Gasteiger charge is 2.21. The SMILES string of the molecule is c1ccc(-c2ccc(-c3cccc4ccccc34)cc2N(c2ccc(-c3cccc4oc5ccccc5c34)cc2)c2ccc3sc4ccccc4c3c2)cc1. The van der Waals surface area contributed by atoms with E-state index in [2.05, 4.69) is 193 Å². The molecular weight excluding hydrogens is 687 g/mol. The van der Waals surface area contributed by atoms with Crippen LogP contribution in [0.15, 0.2) is 205 Å². The summed E-state index contributed by atoms with van der Waals surface area (Å²) in [7, 11) is 0. The van der Waals surface area contributed by atoms with Crippen molar-refractivity contribution in [3.05, 3.63) is 200 Å². The highest BCUT2D eigenvalue weighted by atomic mass is 32.1. The van der Waals surface area contributed by atoms with Gasteiger partial charge in [-0.05, 0) is 93.2 Å². The second-order valence-electron chi connectivity index (χ2n) is 14.1. The van der Waals surface area contributed by atoms with E-state index in [1.807, 2.05) is 23.5 Å². The van der Waals surface area contributed by atoms with Gasteiger partial charge in [-0.15, -0.1) is 11.3 Å². The topological polar surface area (TPSA) is 16.4 Å². The molecule has 0 spiro atoms. The van der Waals surface area contributed by atoms with Crippen molar-refractivity contribution in [2.45, 2.75) is 0 Å². The molecule has 2 aromatic heterocycles. The summed E-state index contributed by atoms with van der Waals surface area (Å²) in [6.07, 6.45) is 0. The fourth-order valence-corrected chi connectivity index (χ4v) is 9.40. The number of hydrogen-bond acceptors (Lipinski definition) is 3. The lowest BCUT2D eigenvalue weighted by Gasteiger charge is -2.29. The van der Waals surface area contributed by atoms with E-state index in [0.29, 0.717) is 0 Å². The molecule has 0 fully saturated rings. The van der Waals surface area contributed by atoms with Crippen molar-refractivity contribution in [2.24, 2.45) is 0 Å². The van der Waals surface area contributed by atoms with Gasteiger partial charge in [0.2, 0.25) is 0 Å². The predicted octanol–water partition coefficient (Wildman–Crippen LogP) is 15.6. The van der Waals surface area contributed by atoms with Crippen LogP contribution in [-0.2, 0) is 0 Å². The molecular formula is C52H33NOS. The van der Waals surface area contributed by atoms with E-state index < -0.39 is 0 Å². The van der Waals surface area contributed by atoms with Gasteiger partial charge in [0.05, 0.1) is 5.69 Å². The minimum absolute atomic E-state index is 0.901. The molecule has 0 aliphatic rings. The summed E-state index contributed by atoms with van der Waals surface area (Å²) >= 11 is 1.85. The van der Waals surface area contributed by atoms with Crippen molar-refractivity contribution in [2.75, 3.05) is 4.90 Å². The maximum absolute atomic E-state index is 6.27. The summed E-state index contributed by atoms with van der Waals surface area (Å²) in [5, 5.41) is 7.31. The molecule has 2 heterocycles. The third kappa shape index (κ3) is 5.32. The Morgan fingerprint density at radius 1 is 0.364 bits per heavy atom. The molecule has 2 nitrogen and oxygen atoms in total. The average molecular weight is 720 g/mol. The molecule has 9 aromatic carbocycles. The van der Waals surface area contributed by atoms with E-state index in [4.69, 9.17) is 4.42 Å². The molecule has 3 heteroatoms. The Morgan fingerprint density at radius 3 is 1.89 bits per heavy atom. The van der Waals surface area contributed by atoms with Crippen LogP contribution in [-0.4, -0.2) is 0 Å². The Bertz CT molecular complexity index is 3200. The van der Waals surface area contributed by atoms with Gasteiger partial charge in [-0.25, -0.2) is 0 Å². The van der Waals surface area contributed by atoms with E-state index in [1.165, 1.54) is 53.2 Å². The Kier molecular flexibility index (Phi) is 7.39. The first-order chi connectivity index (χ1) is 27.3. The number of rotatable bonds is 6. The molecule has 0 saturated carbocycles. The van der Waals surface area contributed by atoms with Gasteiger partial charge in [-0.1, -0.05) is 146 Å². The number of para-hydroxylation sites is 1. The average Bonchev–Trinajstić information content (AvgIpc) is 3.83. The third-order valence-electron chi connectivity index (χ3n) is 10.9. The lowest BCUT2D eigenvalue weighted by molar-refractivity contribution is 0.669. The zero-order chi connectivity index (χ0) is 36.3. The third-order valence-corrected chi connectivity index (χ3v) is 12.0. The van der Waals surface area contributed by atoms with Crippen LogP contribution in [0.4, 0.5) is 17.1 Å². The molecule has 258 valence electrons. The number of nitrogens with zero attached hydrogens (tertiary/aromatic N) is 1. The highest BCUT2D eigenvalue weighted by molar-refractivity contribution is 7.25. The zero-order valence-corrected chi connectivity index (χ0v) is 30.6. The first-order valence-corrected chi connectivity index (χ1v) is 19.5. The van der Waals surface area contributed by atoms with Crippen LogP contribution in [0.25, 0.3) is 86.3 Å². The summed E-state index contributed by atoms with van der Waals surface area (Å²) in [4.78, 5) is 2.44. The molecule has 11 aromatic rings. The summed E-state index contributed by atoms with van der Waals surface area (Å²) < 4.78 is 8.86. The van der Waals surface area contributed by atoms with Gasteiger partial charge in [0.1, 0.15) is 11.2 Å². The van der Waals surface area contributed by atoms with E-state index in [1.54, 1.807) is 0 Å².